The Bertz CT molecular complexity index is 964. The van der Waals surface area contributed by atoms with Gasteiger partial charge in [0.1, 0.15) is 22.0 Å². The van der Waals surface area contributed by atoms with Crippen molar-refractivity contribution in [2.45, 2.75) is 13.3 Å². The van der Waals surface area contributed by atoms with Gasteiger partial charge in [0.05, 0.1) is 5.56 Å². The Labute approximate surface area is 137 Å². The second-order valence-corrected chi connectivity index (χ2v) is 5.98. The van der Waals surface area contributed by atoms with Gasteiger partial charge >= 0.3 is 0 Å². The number of rotatable bonds is 1. The van der Waals surface area contributed by atoms with Crippen LogP contribution < -0.4 is 4.74 Å². The van der Waals surface area contributed by atoms with Crippen LogP contribution in [0, 0.1) is 17.4 Å². The topological polar surface area (TPSA) is 37.9 Å². The van der Waals surface area contributed by atoms with Crippen LogP contribution in [0.5, 0.6) is 11.6 Å². The van der Waals surface area contributed by atoms with Crippen LogP contribution in [0.3, 0.4) is 0 Å². The van der Waals surface area contributed by atoms with Crippen LogP contribution in [0.15, 0.2) is 42.5 Å². The summed E-state index contributed by atoms with van der Waals surface area (Å²) in [6.45, 7) is 2.03. The predicted octanol–water partition coefficient (Wildman–Crippen LogP) is 4.95. The minimum absolute atomic E-state index is 0.282. The highest BCUT2D eigenvalue weighted by Gasteiger charge is 2.21. The summed E-state index contributed by atoms with van der Waals surface area (Å²) in [6, 6.07) is 12.5. The van der Waals surface area contributed by atoms with Crippen molar-refractivity contribution in [1.29, 1.82) is 0 Å². The molecule has 0 fully saturated rings. The minimum Gasteiger partial charge on any atom is -0.440 e. The molecule has 3 aromatic rings. The molecule has 1 aliphatic heterocycles. The SMILES string of the molecule is Cc1ccc(-c2nc(=S)c3c([nH]2)Oc2ccc(F)cc2C3)cc1. The minimum atomic E-state index is -0.282. The van der Waals surface area contributed by atoms with Gasteiger partial charge in [-0.3, -0.25) is 0 Å². The number of hydrogen-bond donors (Lipinski definition) is 1. The van der Waals surface area contributed by atoms with Crippen molar-refractivity contribution in [3.63, 3.8) is 0 Å². The predicted molar refractivity (Wildman–Crippen MR) is 88.9 cm³/mol. The molecule has 3 nitrogen and oxygen atoms in total. The van der Waals surface area contributed by atoms with E-state index in [1.807, 2.05) is 31.2 Å². The number of nitrogens with one attached hydrogen (secondary N) is 1. The van der Waals surface area contributed by atoms with E-state index in [0.717, 1.165) is 16.7 Å². The number of benzene rings is 2. The molecule has 23 heavy (non-hydrogen) atoms. The van der Waals surface area contributed by atoms with Gasteiger partial charge in [0.25, 0.3) is 0 Å². The van der Waals surface area contributed by atoms with Gasteiger partial charge in [-0.1, -0.05) is 42.0 Å². The van der Waals surface area contributed by atoms with Crippen LogP contribution in [0.2, 0.25) is 0 Å². The largest absolute Gasteiger partial charge is 0.440 e. The number of H-pyrrole nitrogens is 1. The van der Waals surface area contributed by atoms with E-state index >= 15 is 0 Å². The molecule has 2 heterocycles. The lowest BCUT2D eigenvalue weighted by molar-refractivity contribution is 0.437. The first-order valence-corrected chi connectivity index (χ1v) is 7.67. The fraction of sp³-hybridized carbons (Fsp3) is 0.111. The van der Waals surface area contributed by atoms with Crippen molar-refractivity contribution in [3.05, 3.63) is 69.6 Å². The van der Waals surface area contributed by atoms with Crippen molar-refractivity contribution >= 4 is 12.2 Å². The summed E-state index contributed by atoms with van der Waals surface area (Å²) in [5, 5.41) is 0. The maximum absolute atomic E-state index is 13.4. The van der Waals surface area contributed by atoms with Gasteiger partial charge in [-0.15, -0.1) is 0 Å². The fourth-order valence-corrected chi connectivity index (χ4v) is 2.91. The maximum Gasteiger partial charge on any atom is 0.205 e. The lowest BCUT2D eigenvalue weighted by atomic mass is 10.0. The number of nitrogens with zero attached hydrogens (tertiary/aromatic N) is 1. The molecule has 1 N–H and O–H groups in total. The molecule has 0 saturated carbocycles. The van der Waals surface area contributed by atoms with E-state index in [1.165, 1.54) is 17.7 Å². The smallest absolute Gasteiger partial charge is 0.205 e. The summed E-state index contributed by atoms with van der Waals surface area (Å²) < 4.78 is 19.7. The first-order valence-electron chi connectivity index (χ1n) is 7.27. The van der Waals surface area contributed by atoms with Crippen molar-refractivity contribution in [2.24, 2.45) is 0 Å². The zero-order valence-electron chi connectivity index (χ0n) is 12.4. The number of aryl methyl sites for hydroxylation is 1. The lowest BCUT2D eigenvalue weighted by Crippen LogP contribution is -2.08. The summed E-state index contributed by atoms with van der Waals surface area (Å²) in [5.41, 5.74) is 3.69. The molecule has 4 rings (SSSR count). The highest BCUT2D eigenvalue weighted by Crippen LogP contribution is 2.36. The van der Waals surface area contributed by atoms with Gasteiger partial charge in [-0.05, 0) is 25.1 Å². The van der Waals surface area contributed by atoms with Crippen molar-refractivity contribution in [2.75, 3.05) is 0 Å². The molecule has 0 unspecified atom stereocenters. The van der Waals surface area contributed by atoms with Gasteiger partial charge in [0.15, 0.2) is 0 Å². The van der Waals surface area contributed by atoms with E-state index in [0.29, 0.717) is 28.5 Å². The van der Waals surface area contributed by atoms with Crippen LogP contribution in [0.4, 0.5) is 4.39 Å². The molecule has 1 aromatic heterocycles. The first-order chi connectivity index (χ1) is 11.1. The van der Waals surface area contributed by atoms with Crippen LogP contribution in [0.1, 0.15) is 16.7 Å². The summed E-state index contributed by atoms with van der Waals surface area (Å²) >= 11 is 5.41. The Hall–Kier alpha value is -2.53. The van der Waals surface area contributed by atoms with E-state index in [9.17, 15) is 4.39 Å². The Morgan fingerprint density at radius 3 is 2.74 bits per heavy atom. The molecule has 2 aromatic carbocycles. The summed E-state index contributed by atoms with van der Waals surface area (Å²) in [7, 11) is 0. The molecule has 0 saturated heterocycles. The third-order valence-electron chi connectivity index (χ3n) is 3.90. The van der Waals surface area contributed by atoms with Gasteiger partial charge in [0, 0.05) is 17.5 Å². The second-order valence-electron chi connectivity index (χ2n) is 5.60. The first kappa shape index (κ1) is 14.1. The average molecular weight is 324 g/mol. The van der Waals surface area contributed by atoms with E-state index in [2.05, 4.69) is 9.97 Å². The van der Waals surface area contributed by atoms with Gasteiger partial charge < -0.3 is 9.72 Å². The van der Waals surface area contributed by atoms with Gasteiger partial charge in [0.2, 0.25) is 5.88 Å². The Morgan fingerprint density at radius 2 is 1.96 bits per heavy atom. The van der Waals surface area contributed by atoms with Crippen LogP contribution in [-0.4, -0.2) is 9.97 Å². The van der Waals surface area contributed by atoms with Gasteiger partial charge in [-0.2, -0.15) is 0 Å². The molecule has 0 bridgehead atoms. The number of aromatic nitrogens is 2. The molecule has 0 atom stereocenters. The number of aromatic amines is 1. The third kappa shape index (κ3) is 2.53. The normalized spacial score (nSPS) is 12.3. The quantitative estimate of drug-likeness (QED) is 0.503. The van der Waals surface area contributed by atoms with Crippen LogP contribution in [-0.2, 0) is 6.42 Å². The number of halogens is 1. The molecular formula is C18H13FN2OS. The zero-order chi connectivity index (χ0) is 16.0. The molecule has 114 valence electrons. The van der Waals surface area contributed by atoms with Crippen molar-refractivity contribution < 1.29 is 9.13 Å². The van der Waals surface area contributed by atoms with Crippen molar-refractivity contribution in [3.8, 4) is 23.0 Å². The molecule has 1 aliphatic rings. The second kappa shape index (κ2) is 5.28. The van der Waals surface area contributed by atoms with E-state index in [1.54, 1.807) is 6.07 Å². The molecule has 0 radical (unpaired) electrons. The Morgan fingerprint density at radius 1 is 1.17 bits per heavy atom. The molecular weight excluding hydrogens is 311 g/mol. The highest BCUT2D eigenvalue weighted by atomic mass is 32.1. The van der Waals surface area contributed by atoms with Crippen LogP contribution in [0.25, 0.3) is 11.4 Å². The standard InChI is InChI=1S/C18H13FN2OS/c1-10-2-4-11(5-3-10)16-20-17-14(18(23)21-16)9-12-8-13(19)6-7-15(12)22-17/h2-8H,9H2,1H3,(H,20,21,23). The number of fused-ring (bicyclic) bond motifs is 2. The fourth-order valence-electron chi connectivity index (χ4n) is 2.65. The van der Waals surface area contributed by atoms with Crippen LogP contribution >= 0.6 is 12.2 Å². The average Bonchev–Trinajstić information content (AvgIpc) is 2.54. The Balaban J connectivity index is 1.81. The Kier molecular flexibility index (Phi) is 3.23. The molecule has 0 spiro atoms. The number of hydrogen-bond acceptors (Lipinski definition) is 3. The molecule has 0 amide bonds. The van der Waals surface area contributed by atoms with E-state index < -0.39 is 0 Å². The summed E-state index contributed by atoms with van der Waals surface area (Å²) in [4.78, 5) is 7.67. The van der Waals surface area contributed by atoms with E-state index in [4.69, 9.17) is 17.0 Å². The number of ether oxygens (including phenoxy) is 1. The maximum atomic E-state index is 13.4. The summed E-state index contributed by atoms with van der Waals surface area (Å²) in [5.74, 6) is 1.61. The lowest BCUT2D eigenvalue weighted by Gasteiger charge is -2.20. The van der Waals surface area contributed by atoms with Crippen molar-refractivity contribution in [1.82, 2.24) is 9.97 Å². The van der Waals surface area contributed by atoms with Gasteiger partial charge in [-0.25, -0.2) is 9.37 Å². The van der Waals surface area contributed by atoms with E-state index in [-0.39, 0.29) is 5.82 Å². The highest BCUT2D eigenvalue weighted by molar-refractivity contribution is 7.71. The third-order valence-corrected chi connectivity index (χ3v) is 4.24. The summed E-state index contributed by atoms with van der Waals surface area (Å²) in [6.07, 6.45) is 0.513. The monoisotopic (exact) mass is 324 g/mol. The molecule has 5 heteroatoms. The zero-order valence-corrected chi connectivity index (χ0v) is 13.2. The molecule has 0 aliphatic carbocycles.